The van der Waals surface area contributed by atoms with Crippen molar-refractivity contribution in [3.63, 3.8) is 0 Å². The summed E-state index contributed by atoms with van der Waals surface area (Å²) in [5.41, 5.74) is 5.22. The number of carbonyl (C=O) groups is 3. The Bertz CT molecular complexity index is 1410. The summed E-state index contributed by atoms with van der Waals surface area (Å²) in [4.78, 5) is 43.5. The van der Waals surface area contributed by atoms with Gasteiger partial charge < -0.3 is 20.7 Å². The summed E-state index contributed by atoms with van der Waals surface area (Å²) in [6, 6.07) is 7.38. The molecule has 1 aromatic carbocycles. The third-order valence-electron chi connectivity index (χ3n) is 5.87. The fraction of sp³-hybridized carbons (Fsp3) is 0.462. The van der Waals surface area contributed by atoms with Crippen molar-refractivity contribution >= 4 is 39.1 Å². The number of benzene rings is 1. The van der Waals surface area contributed by atoms with Gasteiger partial charge in [0.05, 0.1) is 15.3 Å². The number of nitrogens with two attached hydrogens (primary N) is 1. The summed E-state index contributed by atoms with van der Waals surface area (Å²) in [6.45, 7) is 6.71. The molecule has 3 N–H and O–H groups in total. The maximum atomic E-state index is 14.0. The van der Waals surface area contributed by atoms with Crippen LogP contribution in [0.5, 0.6) is 0 Å². The number of aromatic nitrogens is 1. The zero-order chi connectivity index (χ0) is 29.2. The van der Waals surface area contributed by atoms with Crippen molar-refractivity contribution in [3.8, 4) is 0 Å². The van der Waals surface area contributed by atoms with E-state index in [1.54, 1.807) is 38.7 Å². The summed E-state index contributed by atoms with van der Waals surface area (Å²) in [6.07, 6.45) is -0.250. The fourth-order valence-corrected chi connectivity index (χ4v) is 5.15. The number of anilines is 2. The van der Waals surface area contributed by atoms with Crippen LogP contribution in [-0.4, -0.2) is 58.0 Å². The van der Waals surface area contributed by atoms with Crippen LogP contribution in [0.15, 0.2) is 39.6 Å². The predicted molar refractivity (Wildman–Crippen MR) is 144 cm³/mol. The second-order valence-corrected chi connectivity index (χ2v) is 12.7. The molecule has 0 unspecified atom stereocenters. The molecule has 10 nitrogen and oxygen atoms in total. The number of alkyl halides is 2. The quantitative estimate of drug-likeness (QED) is 0.532. The molecule has 212 valence electrons. The average Bonchev–Trinajstić information content (AvgIpc) is 2.97. The molecule has 0 bridgehead atoms. The third kappa shape index (κ3) is 7.94. The summed E-state index contributed by atoms with van der Waals surface area (Å²) >= 11 is 0. The number of rotatable bonds is 5. The van der Waals surface area contributed by atoms with Crippen molar-refractivity contribution < 1.29 is 32.1 Å². The van der Waals surface area contributed by atoms with Crippen LogP contribution in [0.4, 0.5) is 25.1 Å². The number of amides is 3. The Morgan fingerprint density at radius 2 is 1.87 bits per heavy atom. The van der Waals surface area contributed by atoms with Gasteiger partial charge in [-0.25, -0.2) is 22.8 Å². The Balaban J connectivity index is 1.96. The minimum absolute atomic E-state index is 0.0680. The third-order valence-corrected chi connectivity index (χ3v) is 7.49. The maximum absolute atomic E-state index is 14.0. The Morgan fingerprint density at radius 1 is 1.18 bits per heavy atom. The number of pyridine rings is 1. The fourth-order valence-electron chi connectivity index (χ4n) is 4.05. The van der Waals surface area contributed by atoms with Gasteiger partial charge >= 0.3 is 6.09 Å². The first-order chi connectivity index (χ1) is 18.0. The van der Waals surface area contributed by atoms with Crippen molar-refractivity contribution in [2.45, 2.75) is 63.4 Å². The predicted octanol–water partition coefficient (Wildman–Crippen LogP) is 4.76. The topological polar surface area (TPSA) is 144 Å². The van der Waals surface area contributed by atoms with Gasteiger partial charge in [0.15, 0.2) is 0 Å². The van der Waals surface area contributed by atoms with Crippen molar-refractivity contribution in [1.82, 2.24) is 4.98 Å². The second-order valence-electron chi connectivity index (χ2n) is 10.4. The Labute approximate surface area is 226 Å². The highest BCUT2D eigenvalue weighted by atomic mass is 32.2. The van der Waals surface area contributed by atoms with E-state index in [1.165, 1.54) is 30.5 Å². The van der Waals surface area contributed by atoms with E-state index in [9.17, 15) is 27.4 Å². The molecule has 0 spiro atoms. The molecular weight excluding hydrogens is 532 g/mol. The van der Waals surface area contributed by atoms with Gasteiger partial charge in [-0.2, -0.15) is 0 Å². The largest absolute Gasteiger partial charge is 0.442 e. The molecule has 1 aliphatic heterocycles. The van der Waals surface area contributed by atoms with E-state index in [0.717, 1.165) is 0 Å². The normalized spacial score (nSPS) is 16.9. The van der Waals surface area contributed by atoms with Gasteiger partial charge in [-0.15, -0.1) is 4.36 Å². The van der Waals surface area contributed by atoms with Gasteiger partial charge in [-0.05, 0) is 63.9 Å². The van der Waals surface area contributed by atoms with Crippen LogP contribution in [0.1, 0.15) is 66.4 Å². The van der Waals surface area contributed by atoms with Crippen LogP contribution in [0.2, 0.25) is 0 Å². The first-order valence-electron chi connectivity index (χ1n) is 12.3. The summed E-state index contributed by atoms with van der Waals surface area (Å²) in [5, 5.41) is 2.71. The number of nitrogens with zero attached hydrogens (tertiary/aromatic N) is 3. The molecule has 3 amide bonds. The molecule has 39 heavy (non-hydrogen) atoms. The van der Waals surface area contributed by atoms with Gasteiger partial charge in [0.1, 0.15) is 17.1 Å². The number of primary amides is 1. The number of nitrogens with one attached hydrogen (secondary N) is 1. The number of ether oxygens (including phenoxy) is 1. The lowest BCUT2D eigenvalue weighted by Gasteiger charge is -2.25. The first-order valence-corrected chi connectivity index (χ1v) is 14.2. The van der Waals surface area contributed by atoms with Gasteiger partial charge in [-0.1, -0.05) is 6.07 Å². The monoisotopic (exact) mass is 565 g/mol. The van der Waals surface area contributed by atoms with Crippen molar-refractivity contribution in [2.75, 3.05) is 29.6 Å². The first kappa shape index (κ1) is 29.9. The second kappa shape index (κ2) is 11.2. The van der Waals surface area contributed by atoms with Crippen molar-refractivity contribution in [1.29, 1.82) is 0 Å². The summed E-state index contributed by atoms with van der Waals surface area (Å²) in [7, 11) is -3.21. The number of halogens is 2. The van der Waals surface area contributed by atoms with Crippen LogP contribution in [0, 0.1) is 6.92 Å². The zero-order valence-electron chi connectivity index (χ0n) is 22.5. The molecule has 1 aromatic heterocycles. The Hall–Kier alpha value is -3.61. The molecule has 0 radical (unpaired) electrons. The van der Waals surface area contributed by atoms with E-state index < -0.39 is 45.6 Å². The minimum Gasteiger partial charge on any atom is -0.442 e. The molecule has 2 heterocycles. The van der Waals surface area contributed by atoms with E-state index in [1.807, 2.05) is 0 Å². The van der Waals surface area contributed by atoms with E-state index in [-0.39, 0.29) is 53.6 Å². The Morgan fingerprint density at radius 3 is 2.51 bits per heavy atom. The molecule has 1 fully saturated rings. The maximum Gasteiger partial charge on any atom is 0.442 e. The standard InChI is InChI=1S/C26H33F2N5O5S/c1-16-14-19(21(29)34)31-22(33-12-7-10-26(27,28)11-13-33)20(16)23(35)30-17-8-6-9-18(15-17)39(5,37)32-24(36)38-25(2,3)4/h6,8-9,14-15H,7,10-13H2,1-5H3,(H2,29,34)(H,30,35)/t39-/m1/s1. The summed E-state index contributed by atoms with van der Waals surface area (Å²) in [5.74, 6) is -4.20. The SMILES string of the molecule is Cc1cc(C(N)=O)nc(N2CCCC(F)(F)CC2)c1C(=O)Nc1cccc([S@@](C)(=O)=NC(=O)OC(C)(C)C)c1. The van der Waals surface area contributed by atoms with E-state index in [4.69, 9.17) is 10.5 Å². The van der Waals surface area contributed by atoms with Crippen molar-refractivity contribution in [2.24, 2.45) is 10.1 Å². The molecule has 3 rings (SSSR count). The molecule has 0 aliphatic carbocycles. The lowest BCUT2D eigenvalue weighted by Crippen LogP contribution is -2.31. The highest BCUT2D eigenvalue weighted by molar-refractivity contribution is 7.93. The molecule has 13 heteroatoms. The Kier molecular flexibility index (Phi) is 8.63. The van der Waals surface area contributed by atoms with Crippen LogP contribution in [-0.2, 0) is 14.5 Å². The molecule has 1 atom stereocenters. The van der Waals surface area contributed by atoms with E-state index >= 15 is 0 Å². The lowest BCUT2D eigenvalue weighted by molar-refractivity contribution is -0.0102. The minimum atomic E-state index is -3.21. The number of carbonyl (C=O) groups excluding carboxylic acids is 3. The number of hydrogen-bond donors (Lipinski definition) is 2. The molecule has 2 aromatic rings. The number of aryl methyl sites for hydroxylation is 1. The smallest absolute Gasteiger partial charge is 0.442 e. The average molecular weight is 566 g/mol. The zero-order valence-corrected chi connectivity index (χ0v) is 23.4. The van der Waals surface area contributed by atoms with Gasteiger partial charge in [0.25, 0.3) is 11.8 Å². The molecular formula is C26H33F2N5O5S. The van der Waals surface area contributed by atoms with Crippen molar-refractivity contribution in [3.05, 3.63) is 47.2 Å². The van der Waals surface area contributed by atoms with Gasteiger partial charge in [0, 0.05) is 42.8 Å². The summed E-state index contributed by atoms with van der Waals surface area (Å²) < 4.78 is 50.1. The van der Waals surface area contributed by atoms with Gasteiger partial charge in [0.2, 0.25) is 5.92 Å². The van der Waals surface area contributed by atoms with Crippen LogP contribution in [0.3, 0.4) is 0 Å². The molecule has 0 saturated carbocycles. The van der Waals surface area contributed by atoms with Gasteiger partial charge in [-0.3, -0.25) is 9.59 Å². The highest BCUT2D eigenvalue weighted by Crippen LogP contribution is 2.32. The highest BCUT2D eigenvalue weighted by Gasteiger charge is 2.34. The van der Waals surface area contributed by atoms with E-state index in [2.05, 4.69) is 14.7 Å². The lowest BCUT2D eigenvalue weighted by atomic mass is 10.1. The molecule has 1 aliphatic rings. The number of hydrogen-bond acceptors (Lipinski definition) is 7. The van der Waals surface area contributed by atoms with Crippen LogP contribution < -0.4 is 16.0 Å². The van der Waals surface area contributed by atoms with Crippen LogP contribution in [0.25, 0.3) is 0 Å². The van der Waals surface area contributed by atoms with Crippen LogP contribution >= 0.6 is 0 Å². The molecule has 1 saturated heterocycles. The van der Waals surface area contributed by atoms with E-state index in [0.29, 0.717) is 5.56 Å².